The van der Waals surface area contributed by atoms with E-state index in [1.54, 1.807) is 24.4 Å². The Hall–Kier alpha value is -2.76. The molecular formula is C24H20ClIN2O3. The monoisotopic (exact) mass is 546 g/mol. The number of hydrogen-bond donors (Lipinski definition) is 0. The lowest BCUT2D eigenvalue weighted by atomic mass is 10.1. The third-order valence-electron chi connectivity index (χ3n) is 4.26. The molecule has 7 heteroatoms. The van der Waals surface area contributed by atoms with Crippen LogP contribution in [0.1, 0.15) is 29.2 Å². The first kappa shape index (κ1) is 22.9. The molecule has 0 saturated heterocycles. The molecule has 0 radical (unpaired) electrons. The molecule has 0 aliphatic carbocycles. The number of benzene rings is 3. The van der Waals surface area contributed by atoms with Crippen molar-refractivity contribution in [2.24, 2.45) is 5.16 Å². The van der Waals surface area contributed by atoms with Crippen LogP contribution in [0.3, 0.4) is 0 Å². The second-order valence-electron chi connectivity index (χ2n) is 6.46. The van der Waals surface area contributed by atoms with E-state index in [0.717, 1.165) is 14.7 Å². The number of halogens is 2. The molecule has 0 aromatic heterocycles. The molecule has 5 nitrogen and oxygen atoms in total. The van der Waals surface area contributed by atoms with Crippen LogP contribution in [0.15, 0.2) is 65.8 Å². The average Bonchev–Trinajstić information content (AvgIpc) is 2.78. The van der Waals surface area contributed by atoms with Crippen LogP contribution in [-0.4, -0.2) is 12.8 Å². The van der Waals surface area contributed by atoms with Gasteiger partial charge in [0, 0.05) is 14.7 Å². The van der Waals surface area contributed by atoms with Crippen molar-refractivity contribution in [3.05, 3.63) is 91.5 Å². The molecule has 0 atom stereocenters. The summed E-state index contributed by atoms with van der Waals surface area (Å²) in [6, 6.07) is 21.0. The third kappa shape index (κ3) is 6.61. The summed E-state index contributed by atoms with van der Waals surface area (Å²) in [5.74, 6) is 1.03. The predicted molar refractivity (Wildman–Crippen MR) is 130 cm³/mol. The van der Waals surface area contributed by atoms with E-state index in [4.69, 9.17) is 31.2 Å². The van der Waals surface area contributed by atoms with E-state index in [0.29, 0.717) is 40.9 Å². The maximum absolute atomic E-state index is 9.13. The summed E-state index contributed by atoms with van der Waals surface area (Å²) in [5.41, 5.74) is 3.09. The molecule has 0 N–H and O–H groups in total. The van der Waals surface area contributed by atoms with Gasteiger partial charge in [0.05, 0.1) is 29.5 Å². The Bertz CT molecular complexity index is 1090. The van der Waals surface area contributed by atoms with Gasteiger partial charge in [-0.2, -0.15) is 5.26 Å². The molecule has 0 aliphatic heterocycles. The Morgan fingerprint density at radius 1 is 1.06 bits per heavy atom. The van der Waals surface area contributed by atoms with Crippen molar-refractivity contribution in [2.75, 3.05) is 6.61 Å². The minimum absolute atomic E-state index is 0.198. The molecular weight excluding hydrogens is 527 g/mol. The normalized spacial score (nSPS) is 10.6. The Balaban J connectivity index is 1.69. The van der Waals surface area contributed by atoms with Crippen molar-refractivity contribution in [1.82, 2.24) is 0 Å². The van der Waals surface area contributed by atoms with Crippen molar-refractivity contribution in [2.45, 2.75) is 20.1 Å². The molecule has 0 spiro atoms. The highest BCUT2D eigenvalue weighted by Crippen LogP contribution is 2.37. The van der Waals surface area contributed by atoms with Crippen LogP contribution in [0.4, 0.5) is 0 Å². The van der Waals surface area contributed by atoms with Crippen LogP contribution < -0.4 is 9.47 Å². The molecule has 0 aliphatic rings. The maximum Gasteiger partial charge on any atom is 0.180 e. The Morgan fingerprint density at radius 2 is 1.84 bits per heavy atom. The van der Waals surface area contributed by atoms with Gasteiger partial charge in [-0.05, 0) is 65.4 Å². The number of hydrogen-bond acceptors (Lipinski definition) is 5. The lowest BCUT2D eigenvalue weighted by molar-refractivity contribution is 0.132. The Kier molecular flexibility index (Phi) is 8.56. The first-order valence-electron chi connectivity index (χ1n) is 9.57. The minimum atomic E-state index is 0.198. The molecule has 158 valence electrons. The van der Waals surface area contributed by atoms with Gasteiger partial charge in [-0.3, -0.25) is 0 Å². The maximum atomic E-state index is 9.13. The summed E-state index contributed by atoms with van der Waals surface area (Å²) in [4.78, 5) is 5.35. The van der Waals surface area contributed by atoms with Crippen molar-refractivity contribution in [3.8, 4) is 17.6 Å². The second kappa shape index (κ2) is 11.6. The number of nitriles is 1. The molecule has 0 bridgehead atoms. The van der Waals surface area contributed by atoms with Gasteiger partial charge >= 0.3 is 0 Å². The zero-order valence-corrected chi connectivity index (χ0v) is 19.8. The van der Waals surface area contributed by atoms with Gasteiger partial charge < -0.3 is 14.3 Å². The zero-order chi connectivity index (χ0) is 22.1. The van der Waals surface area contributed by atoms with Gasteiger partial charge in [0.1, 0.15) is 13.2 Å². The first-order chi connectivity index (χ1) is 15.1. The van der Waals surface area contributed by atoms with Crippen LogP contribution in [0, 0.1) is 14.9 Å². The summed E-state index contributed by atoms with van der Waals surface area (Å²) >= 11 is 8.73. The average molecular weight is 547 g/mol. The van der Waals surface area contributed by atoms with Crippen LogP contribution >= 0.6 is 34.2 Å². The predicted octanol–water partition coefficient (Wildman–Crippen LogP) is 6.34. The fraction of sp³-hybridized carbons (Fsp3) is 0.167. The van der Waals surface area contributed by atoms with Crippen LogP contribution in [0.25, 0.3) is 0 Å². The highest BCUT2D eigenvalue weighted by molar-refractivity contribution is 14.1. The van der Waals surface area contributed by atoms with Crippen LogP contribution in [-0.2, 0) is 18.1 Å². The van der Waals surface area contributed by atoms with E-state index in [1.807, 2.05) is 49.4 Å². The molecule has 31 heavy (non-hydrogen) atoms. The third-order valence-corrected chi connectivity index (χ3v) is 5.26. The van der Waals surface area contributed by atoms with Crippen molar-refractivity contribution < 1.29 is 14.3 Å². The fourth-order valence-electron chi connectivity index (χ4n) is 2.76. The van der Waals surface area contributed by atoms with E-state index in [2.05, 4.69) is 33.8 Å². The lowest BCUT2D eigenvalue weighted by Crippen LogP contribution is -2.01. The van der Waals surface area contributed by atoms with Crippen LogP contribution in [0.2, 0.25) is 5.02 Å². The Morgan fingerprint density at radius 3 is 2.58 bits per heavy atom. The SMILES string of the molecule is CCOc1cc(/C=N\OCc2ccccc2C#N)cc(Cl)c1OCc1ccc(I)cc1. The minimum Gasteiger partial charge on any atom is -0.490 e. The van der Waals surface area contributed by atoms with E-state index in [-0.39, 0.29) is 6.61 Å². The summed E-state index contributed by atoms with van der Waals surface area (Å²) in [6.45, 7) is 2.95. The summed E-state index contributed by atoms with van der Waals surface area (Å²) in [5, 5.41) is 13.6. The summed E-state index contributed by atoms with van der Waals surface area (Å²) < 4.78 is 12.8. The summed E-state index contributed by atoms with van der Waals surface area (Å²) in [7, 11) is 0. The second-order valence-corrected chi connectivity index (χ2v) is 8.11. The van der Waals surface area contributed by atoms with E-state index >= 15 is 0 Å². The van der Waals surface area contributed by atoms with Gasteiger partial charge in [0.15, 0.2) is 11.5 Å². The van der Waals surface area contributed by atoms with Crippen molar-refractivity contribution in [3.63, 3.8) is 0 Å². The van der Waals surface area contributed by atoms with Gasteiger partial charge in [0.25, 0.3) is 0 Å². The highest BCUT2D eigenvalue weighted by Gasteiger charge is 2.13. The first-order valence-corrected chi connectivity index (χ1v) is 11.0. The molecule has 0 heterocycles. The molecule has 3 rings (SSSR count). The molecule has 3 aromatic rings. The van der Waals surface area contributed by atoms with E-state index in [1.165, 1.54) is 0 Å². The molecule has 0 amide bonds. The quantitative estimate of drug-likeness (QED) is 0.178. The zero-order valence-electron chi connectivity index (χ0n) is 16.8. The van der Waals surface area contributed by atoms with Gasteiger partial charge in [-0.15, -0.1) is 0 Å². The van der Waals surface area contributed by atoms with Gasteiger partial charge in [-0.1, -0.05) is 47.1 Å². The Labute approximate surface area is 200 Å². The van der Waals surface area contributed by atoms with Gasteiger partial charge in [-0.25, -0.2) is 0 Å². The molecule has 0 saturated carbocycles. The molecule has 0 unspecified atom stereocenters. The smallest absolute Gasteiger partial charge is 0.180 e. The topological polar surface area (TPSA) is 63.8 Å². The number of rotatable bonds is 9. The fourth-order valence-corrected chi connectivity index (χ4v) is 3.40. The van der Waals surface area contributed by atoms with Crippen molar-refractivity contribution >= 4 is 40.4 Å². The number of oxime groups is 1. The van der Waals surface area contributed by atoms with Crippen molar-refractivity contribution in [1.29, 1.82) is 5.26 Å². The lowest BCUT2D eigenvalue weighted by Gasteiger charge is -2.14. The summed E-state index contributed by atoms with van der Waals surface area (Å²) in [6.07, 6.45) is 1.55. The largest absolute Gasteiger partial charge is 0.490 e. The molecule has 0 fully saturated rings. The van der Waals surface area contributed by atoms with Crippen LogP contribution in [0.5, 0.6) is 11.5 Å². The number of ether oxygens (including phenoxy) is 2. The highest BCUT2D eigenvalue weighted by atomic mass is 127. The van der Waals surface area contributed by atoms with E-state index in [9.17, 15) is 0 Å². The molecule has 3 aromatic carbocycles. The standard InChI is InChI=1S/C24H20ClIN2O3/c1-2-29-23-12-18(14-28-31-16-20-6-4-3-5-19(20)13-27)11-22(25)24(23)30-15-17-7-9-21(26)10-8-17/h3-12,14H,2,15-16H2,1H3/b28-14-. The number of nitrogens with zero attached hydrogens (tertiary/aromatic N) is 2. The van der Waals surface area contributed by atoms with E-state index < -0.39 is 0 Å². The van der Waals surface area contributed by atoms with Gasteiger partial charge in [0.2, 0.25) is 0 Å².